The fraction of sp³-hybridized carbons (Fsp3) is 0.658. The second-order valence-electron chi connectivity index (χ2n) is 11.3. The lowest BCUT2D eigenvalue weighted by Gasteiger charge is -2.20. The van der Waals surface area contributed by atoms with Crippen LogP contribution in [0.2, 0.25) is 0 Å². The van der Waals surface area contributed by atoms with E-state index in [0.29, 0.717) is 13.0 Å². The third-order valence-corrected chi connectivity index (χ3v) is 7.82. The van der Waals surface area contributed by atoms with Crippen LogP contribution >= 0.6 is 7.82 Å². The lowest BCUT2D eigenvalue weighted by molar-refractivity contribution is -0.154. The molecule has 0 spiro atoms. The van der Waals surface area contributed by atoms with Gasteiger partial charge in [0.2, 0.25) is 0 Å². The molecule has 0 bridgehead atoms. The van der Waals surface area contributed by atoms with Gasteiger partial charge >= 0.3 is 13.8 Å². The molecule has 2 unspecified atom stereocenters. The first-order valence-electron chi connectivity index (χ1n) is 17.9. The topological polar surface area (TPSA) is 117 Å². The quantitative estimate of drug-likeness (QED) is 0.0305. The minimum Gasteiger partial charge on any atom is -0.457 e. The molecule has 0 rings (SSSR count). The van der Waals surface area contributed by atoms with E-state index in [1.807, 2.05) is 0 Å². The molecule has 0 radical (unpaired) electrons. The summed E-state index contributed by atoms with van der Waals surface area (Å²) >= 11 is 0. The zero-order valence-electron chi connectivity index (χ0n) is 29.5. The van der Waals surface area contributed by atoms with Crippen molar-refractivity contribution in [1.29, 1.82) is 0 Å². The largest absolute Gasteiger partial charge is 0.472 e. The molecule has 0 aromatic carbocycles. The van der Waals surface area contributed by atoms with E-state index in [4.69, 9.17) is 24.3 Å². The lowest BCUT2D eigenvalue weighted by Crippen LogP contribution is -2.28. The molecule has 2 atom stereocenters. The van der Waals surface area contributed by atoms with Crippen LogP contribution < -0.4 is 5.73 Å². The molecular formula is C38H66NO7P. The predicted octanol–water partition coefficient (Wildman–Crippen LogP) is 10.0. The monoisotopic (exact) mass is 679 g/mol. The first-order valence-corrected chi connectivity index (χ1v) is 19.4. The van der Waals surface area contributed by atoms with Crippen molar-refractivity contribution in [2.24, 2.45) is 5.73 Å². The third-order valence-electron chi connectivity index (χ3n) is 6.84. The van der Waals surface area contributed by atoms with Crippen molar-refractivity contribution in [3.8, 4) is 0 Å². The summed E-state index contributed by atoms with van der Waals surface area (Å²) in [4.78, 5) is 22.3. The van der Waals surface area contributed by atoms with Gasteiger partial charge in [0.05, 0.1) is 19.8 Å². The number of hydrogen-bond donors (Lipinski definition) is 2. The molecule has 0 fully saturated rings. The van der Waals surface area contributed by atoms with Gasteiger partial charge in [-0.1, -0.05) is 119 Å². The molecule has 0 heterocycles. The normalized spacial score (nSPS) is 14.6. The van der Waals surface area contributed by atoms with Crippen LogP contribution in [0.4, 0.5) is 0 Å². The average molecular weight is 680 g/mol. The Kier molecular flexibility index (Phi) is 33.7. The third kappa shape index (κ3) is 35.1. The zero-order valence-corrected chi connectivity index (χ0v) is 30.4. The van der Waals surface area contributed by atoms with Crippen LogP contribution in [0.5, 0.6) is 0 Å². The van der Waals surface area contributed by atoms with Crippen LogP contribution in [0.15, 0.2) is 72.9 Å². The molecule has 9 heteroatoms. The number of phosphoric acid groups is 1. The molecule has 0 aliphatic heterocycles. The van der Waals surface area contributed by atoms with Gasteiger partial charge in [-0.2, -0.15) is 0 Å². The van der Waals surface area contributed by atoms with Crippen molar-refractivity contribution < 1.29 is 32.8 Å². The molecule has 0 saturated carbocycles. The smallest absolute Gasteiger partial charge is 0.457 e. The SMILES string of the molecule is CC/C=C\C/C=C\C/C=C\C/C=C\C/C=C\CCCC(=O)OC(COCCCCCCCC/C=C\CCC)COP(=O)(O)OCCN. The Morgan fingerprint density at radius 3 is 1.81 bits per heavy atom. The van der Waals surface area contributed by atoms with Crippen LogP contribution in [-0.4, -0.2) is 49.9 Å². The van der Waals surface area contributed by atoms with Crippen molar-refractivity contribution >= 4 is 13.8 Å². The highest BCUT2D eigenvalue weighted by molar-refractivity contribution is 7.47. The van der Waals surface area contributed by atoms with Gasteiger partial charge in [0, 0.05) is 19.6 Å². The Morgan fingerprint density at radius 1 is 0.660 bits per heavy atom. The summed E-state index contributed by atoms with van der Waals surface area (Å²) in [6, 6.07) is 0. The Morgan fingerprint density at radius 2 is 1.19 bits per heavy atom. The first-order chi connectivity index (χ1) is 22.9. The summed E-state index contributed by atoms with van der Waals surface area (Å²) in [5, 5.41) is 0. The van der Waals surface area contributed by atoms with Crippen molar-refractivity contribution in [1.82, 2.24) is 0 Å². The van der Waals surface area contributed by atoms with E-state index in [-0.39, 0.29) is 32.8 Å². The van der Waals surface area contributed by atoms with Gasteiger partial charge in [-0.15, -0.1) is 0 Å². The molecule has 8 nitrogen and oxygen atoms in total. The summed E-state index contributed by atoms with van der Waals surface area (Å²) in [6.45, 7) is 4.62. The van der Waals surface area contributed by atoms with E-state index in [1.165, 1.54) is 32.1 Å². The Hall–Kier alpha value is -2.06. The standard InChI is InChI=1S/C38H66NO7P/c1-3-5-7-9-11-13-15-16-17-18-19-20-21-23-25-27-29-31-38(40)46-37(36-45-47(41,42)44-34-32-39)35-43-33-30-28-26-24-22-14-12-10-8-6-4-2/h5,7-8,10-11,13,16-17,19-20,23,25,37H,3-4,6,9,12,14-15,18,21-22,24,26-36,39H2,1-2H3,(H,41,42)/b7-5-,10-8-,13-11-,17-16-,20-19-,25-23-. The summed E-state index contributed by atoms with van der Waals surface area (Å²) < 4.78 is 33.1. The van der Waals surface area contributed by atoms with Crippen LogP contribution in [0, 0.1) is 0 Å². The zero-order chi connectivity index (χ0) is 34.5. The minimum absolute atomic E-state index is 0.0848. The number of nitrogens with two attached hydrogens (primary N) is 1. The number of carbonyl (C=O) groups excluding carboxylic acids is 1. The minimum atomic E-state index is -4.29. The number of allylic oxidation sites excluding steroid dienone is 12. The molecule has 0 aromatic heterocycles. The maximum atomic E-state index is 12.5. The Balaban J connectivity index is 4.26. The molecule has 3 N–H and O–H groups in total. The maximum Gasteiger partial charge on any atom is 0.472 e. The summed E-state index contributed by atoms with van der Waals surface area (Å²) in [5.41, 5.74) is 5.34. The molecule has 270 valence electrons. The summed E-state index contributed by atoms with van der Waals surface area (Å²) in [6.07, 6.45) is 42.1. The van der Waals surface area contributed by atoms with Crippen molar-refractivity contribution in [3.63, 3.8) is 0 Å². The Bertz CT molecular complexity index is 942. The number of carbonyl (C=O) groups is 1. The number of ether oxygens (including phenoxy) is 2. The van der Waals surface area contributed by atoms with Crippen molar-refractivity contribution in [2.45, 2.75) is 129 Å². The first kappa shape index (κ1) is 44.9. The van der Waals surface area contributed by atoms with E-state index in [1.54, 1.807) is 0 Å². The summed E-state index contributed by atoms with van der Waals surface area (Å²) in [5.74, 6) is -0.394. The van der Waals surface area contributed by atoms with Crippen LogP contribution in [0.25, 0.3) is 0 Å². The highest BCUT2D eigenvalue weighted by Crippen LogP contribution is 2.43. The van der Waals surface area contributed by atoms with Crippen LogP contribution in [-0.2, 0) is 27.9 Å². The number of esters is 1. The Labute approximate surface area is 286 Å². The second-order valence-corrected chi connectivity index (χ2v) is 12.8. The molecule has 47 heavy (non-hydrogen) atoms. The fourth-order valence-electron chi connectivity index (χ4n) is 4.27. The van der Waals surface area contributed by atoms with Gasteiger partial charge in [0.1, 0.15) is 6.10 Å². The van der Waals surface area contributed by atoms with Gasteiger partial charge in [0.25, 0.3) is 0 Å². The van der Waals surface area contributed by atoms with Crippen LogP contribution in [0.1, 0.15) is 123 Å². The van der Waals surface area contributed by atoms with E-state index < -0.39 is 19.9 Å². The highest BCUT2D eigenvalue weighted by Gasteiger charge is 2.25. The van der Waals surface area contributed by atoms with Gasteiger partial charge in [0.15, 0.2) is 0 Å². The average Bonchev–Trinajstić information content (AvgIpc) is 3.06. The van der Waals surface area contributed by atoms with Gasteiger partial charge in [-0.3, -0.25) is 13.8 Å². The number of unbranched alkanes of at least 4 members (excludes halogenated alkanes) is 8. The maximum absolute atomic E-state index is 12.5. The van der Waals surface area contributed by atoms with Crippen molar-refractivity contribution in [2.75, 3.05) is 33.0 Å². The molecule has 0 aromatic rings. The van der Waals surface area contributed by atoms with E-state index in [0.717, 1.165) is 64.2 Å². The van der Waals surface area contributed by atoms with Crippen LogP contribution in [0.3, 0.4) is 0 Å². The number of phosphoric ester groups is 1. The van der Waals surface area contributed by atoms with E-state index in [9.17, 15) is 14.3 Å². The van der Waals surface area contributed by atoms with Gasteiger partial charge in [-0.05, 0) is 70.6 Å². The second kappa shape index (κ2) is 35.3. The fourth-order valence-corrected chi connectivity index (χ4v) is 5.03. The molecule has 0 saturated heterocycles. The van der Waals surface area contributed by atoms with Crippen molar-refractivity contribution in [3.05, 3.63) is 72.9 Å². The van der Waals surface area contributed by atoms with Gasteiger partial charge in [-0.25, -0.2) is 4.57 Å². The molecule has 0 amide bonds. The van der Waals surface area contributed by atoms with E-state index >= 15 is 0 Å². The molecular weight excluding hydrogens is 613 g/mol. The highest BCUT2D eigenvalue weighted by atomic mass is 31.2. The van der Waals surface area contributed by atoms with Gasteiger partial charge < -0.3 is 20.1 Å². The lowest BCUT2D eigenvalue weighted by atomic mass is 10.1. The van der Waals surface area contributed by atoms with E-state index in [2.05, 4.69) is 86.8 Å². The number of rotatable bonds is 33. The number of hydrogen-bond acceptors (Lipinski definition) is 7. The predicted molar refractivity (Wildman–Crippen MR) is 196 cm³/mol. The molecule has 0 aliphatic carbocycles. The summed E-state index contributed by atoms with van der Waals surface area (Å²) in [7, 11) is -4.29. The molecule has 0 aliphatic rings.